The second-order valence-corrected chi connectivity index (χ2v) is 9.01. The number of aromatic nitrogens is 6. The molecule has 11 heteroatoms. The van der Waals surface area contributed by atoms with Gasteiger partial charge < -0.3 is 9.64 Å². The lowest BCUT2D eigenvalue weighted by molar-refractivity contribution is -0.0384. The summed E-state index contributed by atoms with van der Waals surface area (Å²) in [4.78, 5) is 29.1. The van der Waals surface area contributed by atoms with Gasteiger partial charge in [0.15, 0.2) is 5.52 Å². The number of halogens is 2. The Labute approximate surface area is 189 Å². The van der Waals surface area contributed by atoms with Gasteiger partial charge in [-0.05, 0) is 19.8 Å². The van der Waals surface area contributed by atoms with Gasteiger partial charge in [0.2, 0.25) is 11.9 Å². The molecule has 9 nitrogen and oxygen atoms in total. The lowest BCUT2D eigenvalue weighted by Crippen LogP contribution is -2.40. The standard InChI is InChI=1S/C22H27F2N7O2/c1-13-26-18-17(14-4-6-22(23,24)7-5-14)27-21(28-19(18)20(32)30(13)3)31-8-9-33-16(12-31)15-10-25-29(2)11-15/h10-11,14,16H,4-9,12H2,1-3H3. The molecule has 0 bridgehead atoms. The summed E-state index contributed by atoms with van der Waals surface area (Å²) in [5.41, 5.74) is 1.93. The number of anilines is 1. The molecule has 3 aromatic rings. The molecule has 0 radical (unpaired) electrons. The minimum atomic E-state index is -2.65. The average Bonchev–Trinajstić information content (AvgIpc) is 3.24. The Balaban J connectivity index is 1.57. The molecule has 4 heterocycles. The maximum atomic E-state index is 13.8. The zero-order chi connectivity index (χ0) is 23.3. The molecule has 0 spiro atoms. The van der Waals surface area contributed by atoms with Crippen LogP contribution in [-0.4, -0.2) is 54.9 Å². The molecule has 2 aliphatic rings. The molecule has 1 saturated carbocycles. The molecule has 1 aliphatic carbocycles. The lowest BCUT2D eigenvalue weighted by atomic mass is 9.84. The molecule has 2 fully saturated rings. The fourth-order valence-corrected chi connectivity index (χ4v) is 4.64. The van der Waals surface area contributed by atoms with Crippen LogP contribution >= 0.6 is 0 Å². The van der Waals surface area contributed by atoms with E-state index >= 15 is 0 Å². The Morgan fingerprint density at radius 2 is 1.88 bits per heavy atom. The van der Waals surface area contributed by atoms with Crippen LogP contribution in [0.15, 0.2) is 17.2 Å². The number of fused-ring (bicyclic) bond motifs is 1. The SMILES string of the molecule is Cc1nc2c(C3CCC(F)(F)CC3)nc(N3CCOC(c4cnn(C)c4)C3)nc2c(=O)n1C. The van der Waals surface area contributed by atoms with Crippen LogP contribution in [0.5, 0.6) is 0 Å². The van der Waals surface area contributed by atoms with E-state index in [1.54, 1.807) is 24.9 Å². The number of ether oxygens (including phenoxy) is 1. The third-order valence-electron chi connectivity index (χ3n) is 6.72. The highest BCUT2D eigenvalue weighted by Gasteiger charge is 2.37. The molecule has 1 atom stereocenters. The van der Waals surface area contributed by atoms with E-state index in [4.69, 9.17) is 9.72 Å². The summed E-state index contributed by atoms with van der Waals surface area (Å²) in [6.45, 7) is 3.27. The number of nitrogens with zero attached hydrogens (tertiary/aromatic N) is 7. The van der Waals surface area contributed by atoms with Crippen LogP contribution in [-0.2, 0) is 18.8 Å². The third kappa shape index (κ3) is 4.09. The van der Waals surface area contributed by atoms with Gasteiger partial charge in [0.25, 0.3) is 5.56 Å². The van der Waals surface area contributed by atoms with Crippen LogP contribution < -0.4 is 10.5 Å². The number of hydrogen-bond acceptors (Lipinski definition) is 7. The molecule has 33 heavy (non-hydrogen) atoms. The van der Waals surface area contributed by atoms with Gasteiger partial charge in [0.05, 0.1) is 25.0 Å². The smallest absolute Gasteiger partial charge is 0.279 e. The van der Waals surface area contributed by atoms with E-state index in [1.165, 1.54) is 4.57 Å². The van der Waals surface area contributed by atoms with E-state index in [0.717, 1.165) is 5.56 Å². The van der Waals surface area contributed by atoms with E-state index in [1.807, 2.05) is 18.1 Å². The molecule has 1 aliphatic heterocycles. The second kappa shape index (κ2) is 8.12. The Hall–Kier alpha value is -2.95. The first-order valence-electron chi connectivity index (χ1n) is 11.2. The molecular weight excluding hydrogens is 432 g/mol. The maximum absolute atomic E-state index is 13.8. The predicted octanol–water partition coefficient (Wildman–Crippen LogP) is 2.64. The van der Waals surface area contributed by atoms with E-state index in [9.17, 15) is 13.6 Å². The summed E-state index contributed by atoms with van der Waals surface area (Å²) in [6.07, 6.45) is 3.69. The van der Waals surface area contributed by atoms with Gasteiger partial charge in [-0.15, -0.1) is 0 Å². The summed E-state index contributed by atoms with van der Waals surface area (Å²) in [5, 5.41) is 4.22. The molecule has 1 unspecified atom stereocenters. The minimum absolute atomic E-state index is 0.192. The van der Waals surface area contributed by atoms with Crippen LogP contribution in [0, 0.1) is 6.92 Å². The van der Waals surface area contributed by atoms with Crippen LogP contribution in [0.25, 0.3) is 11.0 Å². The Morgan fingerprint density at radius 3 is 2.58 bits per heavy atom. The second-order valence-electron chi connectivity index (χ2n) is 9.01. The zero-order valence-corrected chi connectivity index (χ0v) is 19.0. The summed E-state index contributed by atoms with van der Waals surface area (Å²) in [6, 6.07) is 0. The fraction of sp³-hybridized carbons (Fsp3) is 0.591. The van der Waals surface area contributed by atoms with Crippen molar-refractivity contribution in [3.05, 3.63) is 39.8 Å². The first-order chi connectivity index (χ1) is 15.7. The highest BCUT2D eigenvalue weighted by atomic mass is 19.3. The van der Waals surface area contributed by atoms with Gasteiger partial charge in [-0.1, -0.05) is 0 Å². The minimum Gasteiger partial charge on any atom is -0.370 e. The molecule has 3 aromatic heterocycles. The summed E-state index contributed by atoms with van der Waals surface area (Å²) in [7, 11) is 3.50. The molecule has 0 amide bonds. The van der Waals surface area contributed by atoms with Crippen LogP contribution in [0.3, 0.4) is 0 Å². The van der Waals surface area contributed by atoms with Gasteiger partial charge in [0.1, 0.15) is 17.4 Å². The van der Waals surface area contributed by atoms with Crippen molar-refractivity contribution in [3.63, 3.8) is 0 Å². The Bertz CT molecular complexity index is 1250. The Kier molecular flexibility index (Phi) is 5.38. The zero-order valence-electron chi connectivity index (χ0n) is 19.0. The predicted molar refractivity (Wildman–Crippen MR) is 118 cm³/mol. The van der Waals surface area contributed by atoms with Crippen molar-refractivity contribution in [1.29, 1.82) is 0 Å². The number of alkyl halides is 2. The normalized spacial score (nSPS) is 21.6. The molecular formula is C22H27F2N7O2. The van der Waals surface area contributed by atoms with Crippen molar-refractivity contribution >= 4 is 17.0 Å². The highest BCUT2D eigenvalue weighted by Crippen LogP contribution is 2.42. The number of rotatable bonds is 3. The van der Waals surface area contributed by atoms with Gasteiger partial charge in [-0.3, -0.25) is 14.0 Å². The van der Waals surface area contributed by atoms with Gasteiger partial charge in [-0.25, -0.2) is 23.7 Å². The van der Waals surface area contributed by atoms with Crippen molar-refractivity contribution in [3.8, 4) is 0 Å². The van der Waals surface area contributed by atoms with Crippen LogP contribution in [0.4, 0.5) is 14.7 Å². The molecule has 0 aromatic carbocycles. The largest absolute Gasteiger partial charge is 0.370 e. The highest BCUT2D eigenvalue weighted by molar-refractivity contribution is 5.77. The molecule has 5 rings (SSSR count). The van der Waals surface area contributed by atoms with Crippen molar-refractivity contribution in [1.82, 2.24) is 29.3 Å². The van der Waals surface area contributed by atoms with Crippen molar-refractivity contribution in [2.45, 2.75) is 50.6 Å². The van der Waals surface area contributed by atoms with Crippen molar-refractivity contribution < 1.29 is 13.5 Å². The summed E-state index contributed by atoms with van der Waals surface area (Å²) in [5.74, 6) is -1.89. The van der Waals surface area contributed by atoms with Crippen molar-refractivity contribution in [2.75, 3.05) is 24.6 Å². The molecule has 0 N–H and O–H groups in total. The summed E-state index contributed by atoms with van der Waals surface area (Å²) >= 11 is 0. The third-order valence-corrected chi connectivity index (χ3v) is 6.72. The van der Waals surface area contributed by atoms with E-state index in [-0.39, 0.29) is 35.9 Å². The first-order valence-corrected chi connectivity index (χ1v) is 11.2. The van der Waals surface area contributed by atoms with Crippen LogP contribution in [0.2, 0.25) is 0 Å². The maximum Gasteiger partial charge on any atom is 0.279 e. The van der Waals surface area contributed by atoms with Gasteiger partial charge in [0, 0.05) is 51.2 Å². The van der Waals surface area contributed by atoms with Crippen molar-refractivity contribution in [2.24, 2.45) is 14.1 Å². The Morgan fingerprint density at radius 1 is 1.12 bits per heavy atom. The summed E-state index contributed by atoms with van der Waals surface area (Å²) < 4.78 is 36.8. The number of aryl methyl sites for hydroxylation is 2. The van der Waals surface area contributed by atoms with Gasteiger partial charge in [-0.2, -0.15) is 5.10 Å². The molecule has 1 saturated heterocycles. The first kappa shape index (κ1) is 21.9. The van der Waals surface area contributed by atoms with E-state index < -0.39 is 5.92 Å². The van der Waals surface area contributed by atoms with Gasteiger partial charge >= 0.3 is 0 Å². The quantitative estimate of drug-likeness (QED) is 0.595. The number of morpholine rings is 1. The van der Waals surface area contributed by atoms with Crippen LogP contribution in [0.1, 0.15) is 54.8 Å². The van der Waals surface area contributed by atoms with E-state index in [0.29, 0.717) is 55.5 Å². The monoisotopic (exact) mass is 459 g/mol. The lowest BCUT2D eigenvalue weighted by Gasteiger charge is -2.33. The topological polar surface area (TPSA) is 91.0 Å². The average molecular weight is 460 g/mol. The fourth-order valence-electron chi connectivity index (χ4n) is 4.64. The van der Waals surface area contributed by atoms with E-state index in [2.05, 4.69) is 15.1 Å². The molecule has 176 valence electrons. The number of hydrogen-bond donors (Lipinski definition) is 0.